The smallest absolute Gasteiger partial charge is 0.257 e. The molecule has 0 aromatic heterocycles. The van der Waals surface area contributed by atoms with Crippen molar-refractivity contribution in [1.82, 2.24) is 10.2 Å². The summed E-state index contributed by atoms with van der Waals surface area (Å²) in [6.07, 6.45) is 0. The molecule has 0 saturated carbocycles. The fourth-order valence-corrected chi connectivity index (χ4v) is 3.42. The highest BCUT2D eigenvalue weighted by Gasteiger charge is 2.19. The second kappa shape index (κ2) is 10.3. The molecule has 3 rings (SSSR count). The number of benzene rings is 2. The summed E-state index contributed by atoms with van der Waals surface area (Å²) in [6.45, 7) is 8.92. The second-order valence-electron chi connectivity index (χ2n) is 7.64. The van der Waals surface area contributed by atoms with Gasteiger partial charge in [0, 0.05) is 39.3 Å². The largest absolute Gasteiger partial charge is 0.484 e. The lowest BCUT2D eigenvalue weighted by Crippen LogP contribution is -2.49. The van der Waals surface area contributed by atoms with E-state index in [1.807, 2.05) is 36.4 Å². The van der Waals surface area contributed by atoms with Gasteiger partial charge in [-0.25, -0.2) is 4.39 Å². The van der Waals surface area contributed by atoms with E-state index in [1.54, 1.807) is 6.07 Å². The van der Waals surface area contributed by atoms with Crippen LogP contribution in [0.5, 0.6) is 5.75 Å². The normalized spacial score (nSPS) is 14.8. The van der Waals surface area contributed by atoms with Gasteiger partial charge in [0.15, 0.2) is 6.61 Å². The molecule has 2 aromatic rings. The molecule has 5 nitrogen and oxygen atoms in total. The van der Waals surface area contributed by atoms with Crippen LogP contribution in [-0.4, -0.2) is 56.7 Å². The van der Waals surface area contributed by atoms with E-state index in [9.17, 15) is 9.18 Å². The summed E-state index contributed by atoms with van der Waals surface area (Å²) in [6, 6.07) is 14.7. The van der Waals surface area contributed by atoms with Crippen molar-refractivity contribution in [2.45, 2.75) is 19.8 Å². The summed E-state index contributed by atoms with van der Waals surface area (Å²) >= 11 is 0. The first kappa shape index (κ1) is 21.1. The molecule has 1 amide bonds. The van der Waals surface area contributed by atoms with E-state index in [0.29, 0.717) is 23.9 Å². The number of carbonyl (C=O) groups is 1. The average molecular weight is 400 g/mol. The summed E-state index contributed by atoms with van der Waals surface area (Å²) in [5.74, 6) is 0.879. The summed E-state index contributed by atoms with van der Waals surface area (Å²) in [7, 11) is 0. The molecular weight excluding hydrogens is 369 g/mol. The summed E-state index contributed by atoms with van der Waals surface area (Å²) in [4.78, 5) is 16.4. The standard InChI is InChI=1S/C23H30FN3O2/c1-18(2)19-7-9-20(10-8-19)29-17-23(28)25-11-12-26-13-15-27(16-14-26)22-6-4-3-5-21(22)24/h3-10,18H,11-17H2,1-2H3,(H,25,28). The highest BCUT2D eigenvalue weighted by molar-refractivity contribution is 5.77. The van der Waals surface area contributed by atoms with E-state index >= 15 is 0 Å². The lowest BCUT2D eigenvalue weighted by Gasteiger charge is -2.36. The Hall–Kier alpha value is -2.60. The molecule has 0 atom stereocenters. The monoisotopic (exact) mass is 399 g/mol. The zero-order valence-electron chi connectivity index (χ0n) is 17.2. The van der Waals surface area contributed by atoms with Crippen LogP contribution in [0.25, 0.3) is 0 Å². The molecule has 156 valence electrons. The maximum absolute atomic E-state index is 13.9. The number of hydrogen-bond acceptors (Lipinski definition) is 4. The third kappa shape index (κ3) is 6.19. The number of rotatable bonds is 8. The van der Waals surface area contributed by atoms with E-state index in [4.69, 9.17) is 4.74 Å². The number of hydrogen-bond donors (Lipinski definition) is 1. The zero-order chi connectivity index (χ0) is 20.6. The fourth-order valence-electron chi connectivity index (χ4n) is 3.42. The molecule has 1 N–H and O–H groups in total. The van der Waals surface area contributed by atoms with Gasteiger partial charge in [-0.15, -0.1) is 0 Å². The molecular formula is C23H30FN3O2. The van der Waals surface area contributed by atoms with Crippen molar-refractivity contribution >= 4 is 11.6 Å². The van der Waals surface area contributed by atoms with Crippen LogP contribution in [0.4, 0.5) is 10.1 Å². The number of piperazine rings is 1. The number of nitrogens with one attached hydrogen (secondary N) is 1. The van der Waals surface area contributed by atoms with Gasteiger partial charge in [-0.05, 0) is 35.7 Å². The van der Waals surface area contributed by atoms with Gasteiger partial charge in [0.05, 0.1) is 5.69 Å². The van der Waals surface area contributed by atoms with Crippen LogP contribution < -0.4 is 15.0 Å². The van der Waals surface area contributed by atoms with Gasteiger partial charge in [-0.2, -0.15) is 0 Å². The highest BCUT2D eigenvalue weighted by Crippen LogP contribution is 2.20. The first-order valence-electron chi connectivity index (χ1n) is 10.2. The predicted molar refractivity (Wildman–Crippen MR) is 114 cm³/mol. The van der Waals surface area contributed by atoms with Crippen molar-refractivity contribution in [1.29, 1.82) is 0 Å². The molecule has 1 aliphatic rings. The molecule has 1 heterocycles. The van der Waals surface area contributed by atoms with Gasteiger partial charge in [0.2, 0.25) is 0 Å². The van der Waals surface area contributed by atoms with Gasteiger partial charge in [0.25, 0.3) is 5.91 Å². The maximum Gasteiger partial charge on any atom is 0.257 e. The van der Waals surface area contributed by atoms with Gasteiger partial charge in [-0.3, -0.25) is 9.69 Å². The van der Waals surface area contributed by atoms with Crippen LogP contribution in [0.3, 0.4) is 0 Å². The van der Waals surface area contributed by atoms with E-state index in [-0.39, 0.29) is 18.3 Å². The molecule has 0 bridgehead atoms. The van der Waals surface area contributed by atoms with Gasteiger partial charge in [0.1, 0.15) is 11.6 Å². The predicted octanol–water partition coefficient (Wildman–Crippen LogP) is 3.27. The lowest BCUT2D eigenvalue weighted by molar-refractivity contribution is -0.123. The molecule has 2 aromatic carbocycles. The van der Waals surface area contributed by atoms with Gasteiger partial charge < -0.3 is 15.0 Å². The fraction of sp³-hybridized carbons (Fsp3) is 0.435. The van der Waals surface area contributed by atoms with Crippen molar-refractivity contribution < 1.29 is 13.9 Å². The minimum absolute atomic E-state index is 0.0160. The molecule has 0 spiro atoms. The molecule has 0 radical (unpaired) electrons. The first-order chi connectivity index (χ1) is 14.0. The Labute approximate surface area is 172 Å². The molecule has 1 saturated heterocycles. The Morgan fingerprint density at radius 3 is 2.41 bits per heavy atom. The molecule has 0 unspecified atom stereocenters. The van der Waals surface area contributed by atoms with Crippen LogP contribution in [-0.2, 0) is 4.79 Å². The molecule has 6 heteroatoms. The summed E-state index contributed by atoms with van der Waals surface area (Å²) in [5, 5.41) is 2.90. The zero-order valence-corrected chi connectivity index (χ0v) is 17.2. The minimum Gasteiger partial charge on any atom is -0.484 e. The van der Waals surface area contributed by atoms with Crippen molar-refractivity contribution in [3.8, 4) is 5.75 Å². The molecule has 1 fully saturated rings. The Kier molecular flexibility index (Phi) is 7.47. The number of para-hydroxylation sites is 1. The summed E-state index contributed by atoms with van der Waals surface area (Å²) in [5.41, 5.74) is 1.91. The van der Waals surface area contributed by atoms with Crippen LogP contribution in [0.1, 0.15) is 25.3 Å². The maximum atomic E-state index is 13.9. The van der Waals surface area contributed by atoms with E-state index in [2.05, 4.69) is 29.0 Å². The Bertz CT molecular complexity index is 787. The van der Waals surface area contributed by atoms with Gasteiger partial charge in [-0.1, -0.05) is 38.1 Å². The molecule has 1 aliphatic heterocycles. The highest BCUT2D eigenvalue weighted by atomic mass is 19.1. The van der Waals surface area contributed by atoms with Crippen LogP contribution >= 0.6 is 0 Å². The van der Waals surface area contributed by atoms with E-state index in [0.717, 1.165) is 32.7 Å². The van der Waals surface area contributed by atoms with Crippen LogP contribution in [0.2, 0.25) is 0 Å². The Morgan fingerprint density at radius 1 is 1.07 bits per heavy atom. The quantitative estimate of drug-likeness (QED) is 0.740. The van der Waals surface area contributed by atoms with Crippen molar-refractivity contribution in [2.24, 2.45) is 0 Å². The third-order valence-corrected chi connectivity index (χ3v) is 5.23. The van der Waals surface area contributed by atoms with Crippen molar-refractivity contribution in [3.63, 3.8) is 0 Å². The minimum atomic E-state index is -0.174. The second-order valence-corrected chi connectivity index (χ2v) is 7.64. The average Bonchev–Trinajstić information content (AvgIpc) is 2.73. The van der Waals surface area contributed by atoms with Crippen molar-refractivity contribution in [3.05, 3.63) is 59.9 Å². The van der Waals surface area contributed by atoms with Crippen LogP contribution in [0.15, 0.2) is 48.5 Å². The Balaban J connectivity index is 1.32. The van der Waals surface area contributed by atoms with E-state index < -0.39 is 0 Å². The number of carbonyl (C=O) groups excluding carboxylic acids is 1. The molecule has 0 aliphatic carbocycles. The Morgan fingerprint density at radius 2 is 1.76 bits per heavy atom. The lowest BCUT2D eigenvalue weighted by atomic mass is 10.0. The number of amides is 1. The SMILES string of the molecule is CC(C)c1ccc(OCC(=O)NCCN2CCN(c3ccccc3F)CC2)cc1. The summed E-state index contributed by atoms with van der Waals surface area (Å²) < 4.78 is 19.4. The number of nitrogens with zero attached hydrogens (tertiary/aromatic N) is 2. The third-order valence-electron chi connectivity index (χ3n) is 5.23. The van der Waals surface area contributed by atoms with Gasteiger partial charge >= 0.3 is 0 Å². The first-order valence-corrected chi connectivity index (χ1v) is 10.2. The van der Waals surface area contributed by atoms with Crippen LogP contribution in [0, 0.1) is 5.82 Å². The number of halogens is 1. The molecule has 29 heavy (non-hydrogen) atoms. The topological polar surface area (TPSA) is 44.8 Å². The number of anilines is 1. The van der Waals surface area contributed by atoms with E-state index in [1.165, 1.54) is 11.6 Å². The van der Waals surface area contributed by atoms with Crippen molar-refractivity contribution in [2.75, 3.05) is 50.8 Å². The number of ether oxygens (including phenoxy) is 1.